The summed E-state index contributed by atoms with van der Waals surface area (Å²) in [6, 6.07) is 6.61. The van der Waals surface area contributed by atoms with Crippen molar-refractivity contribution in [1.29, 1.82) is 0 Å². The zero-order chi connectivity index (χ0) is 17.1. The van der Waals surface area contributed by atoms with Crippen LogP contribution in [-0.4, -0.2) is 11.6 Å². The molecular weight excluding hydrogens is 306 g/mol. The molecule has 24 heavy (non-hydrogen) atoms. The summed E-state index contributed by atoms with van der Waals surface area (Å²) in [4.78, 5) is 27.9. The second-order valence-corrected chi connectivity index (χ2v) is 5.87. The highest BCUT2D eigenvalue weighted by Crippen LogP contribution is 2.22. The largest absolute Gasteiger partial charge is 0.493 e. The summed E-state index contributed by atoms with van der Waals surface area (Å²) in [5.74, 6) is 0.442. The predicted octanol–water partition coefficient (Wildman–Crippen LogP) is 3.77. The Bertz CT molecular complexity index is 984. The number of nitrogens with one attached hydrogen (secondary N) is 1. The number of aromatic nitrogens is 1. The van der Waals surface area contributed by atoms with E-state index in [1.54, 1.807) is 12.1 Å². The van der Waals surface area contributed by atoms with E-state index in [9.17, 15) is 9.59 Å². The molecule has 0 saturated carbocycles. The first-order valence-electron chi connectivity index (χ1n) is 8.39. The lowest BCUT2D eigenvalue weighted by Crippen LogP contribution is -2.09. The third-order valence-corrected chi connectivity index (χ3v) is 4.12. The number of pyridine rings is 1. The number of aryl methyl sites for hydroxylation is 1. The Morgan fingerprint density at radius 3 is 2.71 bits per heavy atom. The van der Waals surface area contributed by atoms with Crippen LogP contribution in [0.1, 0.15) is 38.8 Å². The Morgan fingerprint density at radius 1 is 1.12 bits per heavy atom. The van der Waals surface area contributed by atoms with Crippen molar-refractivity contribution in [2.24, 2.45) is 0 Å². The van der Waals surface area contributed by atoms with Crippen molar-refractivity contribution in [3.05, 3.63) is 50.6 Å². The van der Waals surface area contributed by atoms with E-state index in [2.05, 4.69) is 11.9 Å². The topological polar surface area (TPSA) is 72.3 Å². The number of fused-ring (bicyclic) bond motifs is 3. The lowest BCUT2D eigenvalue weighted by molar-refractivity contribution is 0.306. The van der Waals surface area contributed by atoms with Gasteiger partial charge in [-0.2, -0.15) is 0 Å². The van der Waals surface area contributed by atoms with Crippen molar-refractivity contribution in [2.45, 2.75) is 39.5 Å². The molecule has 0 unspecified atom stereocenters. The van der Waals surface area contributed by atoms with Gasteiger partial charge in [0, 0.05) is 17.8 Å². The smallest absolute Gasteiger partial charge is 0.345 e. The van der Waals surface area contributed by atoms with Crippen molar-refractivity contribution in [1.82, 2.24) is 4.98 Å². The van der Waals surface area contributed by atoms with Crippen LogP contribution >= 0.6 is 0 Å². The summed E-state index contributed by atoms with van der Waals surface area (Å²) >= 11 is 0. The number of rotatable bonds is 6. The normalized spacial score (nSPS) is 11.2. The van der Waals surface area contributed by atoms with Gasteiger partial charge >= 0.3 is 5.63 Å². The van der Waals surface area contributed by atoms with E-state index >= 15 is 0 Å². The molecule has 0 aliphatic heterocycles. The molecule has 0 fully saturated rings. The number of H-pyrrole nitrogens is 1. The average molecular weight is 327 g/mol. The van der Waals surface area contributed by atoms with Gasteiger partial charge in [-0.05, 0) is 25.0 Å². The lowest BCUT2D eigenvalue weighted by Gasteiger charge is -2.08. The standard InChI is InChI=1S/C19H21NO4/c1-3-5-6-9-23-13-10-15(21)17-16(11-13)24-19(22)14-8-7-12(4-2)20-18(14)17/h7-8,10-11,20H,3-6,9H2,1-2H3. The summed E-state index contributed by atoms with van der Waals surface area (Å²) < 4.78 is 11.0. The average Bonchev–Trinajstić information content (AvgIpc) is 2.58. The van der Waals surface area contributed by atoms with Crippen LogP contribution in [0.2, 0.25) is 0 Å². The highest BCUT2D eigenvalue weighted by atomic mass is 16.5. The van der Waals surface area contributed by atoms with Gasteiger partial charge in [0.15, 0.2) is 5.43 Å². The molecule has 0 aliphatic carbocycles. The fourth-order valence-electron chi connectivity index (χ4n) is 2.78. The van der Waals surface area contributed by atoms with Gasteiger partial charge in [0.05, 0.1) is 22.9 Å². The summed E-state index contributed by atoms with van der Waals surface area (Å²) in [6.07, 6.45) is 3.89. The zero-order valence-corrected chi connectivity index (χ0v) is 14.0. The molecule has 0 bridgehead atoms. The van der Waals surface area contributed by atoms with E-state index < -0.39 is 5.63 Å². The quantitative estimate of drug-likeness (QED) is 0.425. The van der Waals surface area contributed by atoms with Gasteiger partial charge in [-0.25, -0.2) is 4.79 Å². The van der Waals surface area contributed by atoms with E-state index in [4.69, 9.17) is 9.15 Å². The minimum absolute atomic E-state index is 0.212. The van der Waals surface area contributed by atoms with Crippen LogP contribution in [0.5, 0.6) is 5.75 Å². The minimum Gasteiger partial charge on any atom is -0.493 e. The monoisotopic (exact) mass is 327 g/mol. The number of hydrogen-bond acceptors (Lipinski definition) is 4. The number of unbranched alkanes of at least 4 members (excludes halogenated alkanes) is 2. The number of hydrogen-bond donors (Lipinski definition) is 1. The molecule has 1 N–H and O–H groups in total. The molecule has 1 aromatic carbocycles. The van der Waals surface area contributed by atoms with Crippen LogP contribution in [0.4, 0.5) is 0 Å². The van der Waals surface area contributed by atoms with Gasteiger partial charge < -0.3 is 14.1 Å². The van der Waals surface area contributed by atoms with Crippen LogP contribution < -0.4 is 15.8 Å². The molecule has 3 rings (SSSR count). The molecule has 5 heteroatoms. The molecule has 2 aromatic heterocycles. The number of ether oxygens (including phenoxy) is 1. The van der Waals surface area contributed by atoms with Crippen molar-refractivity contribution >= 4 is 21.9 Å². The highest BCUT2D eigenvalue weighted by Gasteiger charge is 2.13. The highest BCUT2D eigenvalue weighted by molar-refractivity contribution is 6.01. The van der Waals surface area contributed by atoms with Gasteiger partial charge in [-0.1, -0.05) is 26.7 Å². The van der Waals surface area contributed by atoms with Crippen molar-refractivity contribution in [3.8, 4) is 5.75 Å². The molecule has 0 radical (unpaired) electrons. The third-order valence-electron chi connectivity index (χ3n) is 4.12. The Hall–Kier alpha value is -2.56. The third kappa shape index (κ3) is 3.07. The molecule has 0 spiro atoms. The second-order valence-electron chi connectivity index (χ2n) is 5.87. The Morgan fingerprint density at radius 2 is 1.96 bits per heavy atom. The van der Waals surface area contributed by atoms with Crippen LogP contribution in [-0.2, 0) is 6.42 Å². The molecule has 5 nitrogen and oxygen atoms in total. The summed E-state index contributed by atoms with van der Waals surface area (Å²) in [5, 5.41) is 0.772. The first kappa shape index (κ1) is 16.3. The molecule has 2 heterocycles. The maximum atomic E-state index is 12.6. The fourth-order valence-corrected chi connectivity index (χ4v) is 2.78. The fraction of sp³-hybridized carbons (Fsp3) is 0.368. The summed E-state index contributed by atoms with van der Waals surface area (Å²) in [5.41, 5.74) is 1.07. The van der Waals surface area contributed by atoms with E-state index in [1.165, 1.54) is 6.07 Å². The van der Waals surface area contributed by atoms with E-state index in [-0.39, 0.29) is 11.0 Å². The van der Waals surface area contributed by atoms with Crippen LogP contribution in [0.15, 0.2) is 38.3 Å². The van der Waals surface area contributed by atoms with Crippen LogP contribution in [0, 0.1) is 0 Å². The SMILES string of the molecule is CCCCCOc1cc(=O)c2c(c1)oc(=O)c1ccc(CC)[nH]c12. The molecule has 0 atom stereocenters. The summed E-state index contributed by atoms with van der Waals surface area (Å²) in [6.45, 7) is 4.67. The van der Waals surface area contributed by atoms with Gasteiger partial charge in [0.1, 0.15) is 11.3 Å². The maximum Gasteiger partial charge on any atom is 0.345 e. The first-order chi connectivity index (χ1) is 11.6. The molecular formula is C19H21NO4. The number of aromatic amines is 1. The molecule has 0 aliphatic rings. The van der Waals surface area contributed by atoms with Gasteiger partial charge in [0.25, 0.3) is 0 Å². The van der Waals surface area contributed by atoms with Crippen LogP contribution in [0.25, 0.3) is 21.9 Å². The van der Waals surface area contributed by atoms with Crippen LogP contribution in [0.3, 0.4) is 0 Å². The van der Waals surface area contributed by atoms with Crippen molar-refractivity contribution in [3.63, 3.8) is 0 Å². The van der Waals surface area contributed by atoms with Gasteiger partial charge in [-0.3, -0.25) is 4.79 Å². The second kappa shape index (κ2) is 6.91. The molecule has 3 aromatic rings. The van der Waals surface area contributed by atoms with Crippen molar-refractivity contribution < 1.29 is 9.15 Å². The van der Waals surface area contributed by atoms with E-state index in [0.717, 1.165) is 31.4 Å². The van der Waals surface area contributed by atoms with Crippen molar-refractivity contribution in [2.75, 3.05) is 6.61 Å². The Balaban J connectivity index is 2.13. The number of benzene rings is 1. The predicted molar refractivity (Wildman–Crippen MR) is 95.0 cm³/mol. The van der Waals surface area contributed by atoms with Gasteiger partial charge in [0.2, 0.25) is 0 Å². The Labute approximate surface area is 139 Å². The first-order valence-corrected chi connectivity index (χ1v) is 8.39. The minimum atomic E-state index is -0.459. The van der Waals surface area contributed by atoms with E-state index in [1.807, 2.05) is 13.0 Å². The summed E-state index contributed by atoms with van der Waals surface area (Å²) in [7, 11) is 0. The van der Waals surface area contributed by atoms with E-state index in [0.29, 0.717) is 28.6 Å². The molecule has 126 valence electrons. The zero-order valence-electron chi connectivity index (χ0n) is 14.0. The molecule has 0 saturated heterocycles. The lowest BCUT2D eigenvalue weighted by atomic mass is 10.1. The van der Waals surface area contributed by atoms with Gasteiger partial charge in [-0.15, -0.1) is 0 Å². The maximum absolute atomic E-state index is 12.6. The Kier molecular flexibility index (Phi) is 4.69. The molecule has 0 amide bonds.